The largest absolute Gasteiger partial charge is 0.385 e. The van der Waals surface area contributed by atoms with Crippen LogP contribution in [0.4, 0.5) is 23.1 Å². The summed E-state index contributed by atoms with van der Waals surface area (Å²) in [7, 11) is 3.37. The van der Waals surface area contributed by atoms with Crippen LogP contribution in [0, 0.1) is 39.0 Å². The van der Waals surface area contributed by atoms with E-state index in [0.717, 1.165) is 38.0 Å². The Morgan fingerprint density at radius 3 is 2.18 bits per heavy atom. The first-order valence-corrected chi connectivity index (χ1v) is 15.7. The molecule has 3 aromatic rings. The zero-order chi connectivity index (χ0) is 32.3. The summed E-state index contributed by atoms with van der Waals surface area (Å²) in [5, 5.41) is 30.8. The van der Waals surface area contributed by atoms with Crippen molar-refractivity contribution in [3.05, 3.63) is 51.5 Å². The molecule has 2 atom stereocenters. The van der Waals surface area contributed by atoms with Crippen LogP contribution in [0.2, 0.25) is 0 Å². The number of nitriles is 1. The molecule has 0 bridgehead atoms. The lowest BCUT2D eigenvalue weighted by atomic mass is 9.97. The number of rotatable bonds is 15. The van der Waals surface area contributed by atoms with Gasteiger partial charge in [0.2, 0.25) is 5.82 Å². The Hall–Kier alpha value is -3.92. The minimum Gasteiger partial charge on any atom is -0.385 e. The number of anilines is 2. The van der Waals surface area contributed by atoms with Crippen LogP contribution < -0.4 is 10.6 Å². The normalized spacial score (nSPS) is 16.7. The highest BCUT2D eigenvalue weighted by Gasteiger charge is 2.28. The first-order valence-electron chi connectivity index (χ1n) is 15.7. The Morgan fingerprint density at radius 1 is 1.00 bits per heavy atom. The second-order valence-corrected chi connectivity index (χ2v) is 11.6. The van der Waals surface area contributed by atoms with Crippen LogP contribution in [-0.4, -0.2) is 73.0 Å². The van der Waals surface area contributed by atoms with Crippen LogP contribution >= 0.6 is 0 Å². The van der Waals surface area contributed by atoms with E-state index in [-0.39, 0.29) is 18.0 Å². The Bertz CT molecular complexity index is 1460. The van der Waals surface area contributed by atoms with Gasteiger partial charge < -0.3 is 24.8 Å². The number of methoxy groups -OCH3 is 2. The zero-order valence-corrected chi connectivity index (χ0v) is 27.7. The van der Waals surface area contributed by atoms with Gasteiger partial charge in [-0.2, -0.15) is 5.26 Å². The summed E-state index contributed by atoms with van der Waals surface area (Å²) in [5.74, 6) is 2.04. The summed E-state index contributed by atoms with van der Waals surface area (Å²) in [6.07, 6.45) is 3.98. The van der Waals surface area contributed by atoms with E-state index < -0.39 is 0 Å². The molecule has 2 aromatic heterocycles. The number of ether oxygens (including phenoxy) is 3. The van der Waals surface area contributed by atoms with Gasteiger partial charge in [0.1, 0.15) is 17.5 Å². The Kier molecular flexibility index (Phi) is 12.4. The number of hydrogen-bond donors (Lipinski definition) is 2. The molecule has 242 valence electrons. The van der Waals surface area contributed by atoms with Gasteiger partial charge in [0, 0.05) is 53.6 Å². The quantitative estimate of drug-likeness (QED) is 0.146. The SMILES string of the molecule is COCCCNc1nc(Cc2c(C)cc(C)cc2C)nc(NCCCOC)c1N=Nc1nn(C2CCCOC2C)c(C)c1C#N. The smallest absolute Gasteiger partial charge is 0.213 e. The summed E-state index contributed by atoms with van der Waals surface area (Å²) in [4.78, 5) is 9.90. The average molecular weight is 618 g/mol. The summed E-state index contributed by atoms with van der Waals surface area (Å²) >= 11 is 0. The highest BCUT2D eigenvalue weighted by molar-refractivity contribution is 5.74. The van der Waals surface area contributed by atoms with Crippen LogP contribution in [0.15, 0.2) is 22.4 Å². The van der Waals surface area contributed by atoms with Crippen molar-refractivity contribution in [3.63, 3.8) is 0 Å². The molecule has 1 aromatic carbocycles. The monoisotopic (exact) mass is 617 g/mol. The number of nitrogens with one attached hydrogen (secondary N) is 2. The second-order valence-electron chi connectivity index (χ2n) is 11.6. The van der Waals surface area contributed by atoms with Crippen LogP contribution in [0.3, 0.4) is 0 Å². The second kappa shape index (κ2) is 16.4. The molecule has 0 radical (unpaired) electrons. The molecule has 12 nitrogen and oxygen atoms in total. The average Bonchev–Trinajstić information content (AvgIpc) is 3.33. The fourth-order valence-electron chi connectivity index (χ4n) is 5.77. The topological polar surface area (TPSA) is 144 Å². The molecule has 1 aliphatic rings. The van der Waals surface area contributed by atoms with Gasteiger partial charge in [-0.1, -0.05) is 17.7 Å². The maximum Gasteiger partial charge on any atom is 0.213 e. The van der Waals surface area contributed by atoms with Gasteiger partial charge in [0.15, 0.2) is 17.3 Å². The van der Waals surface area contributed by atoms with Crippen molar-refractivity contribution in [1.29, 1.82) is 5.26 Å². The first kappa shape index (κ1) is 34.0. The highest BCUT2D eigenvalue weighted by atomic mass is 16.5. The molecular weight excluding hydrogens is 570 g/mol. The van der Waals surface area contributed by atoms with Crippen molar-refractivity contribution in [2.24, 2.45) is 10.2 Å². The Balaban J connectivity index is 1.77. The van der Waals surface area contributed by atoms with Gasteiger partial charge in [-0.15, -0.1) is 15.3 Å². The lowest BCUT2D eigenvalue weighted by Gasteiger charge is -2.30. The van der Waals surface area contributed by atoms with E-state index in [0.29, 0.717) is 61.4 Å². The van der Waals surface area contributed by atoms with Crippen molar-refractivity contribution in [1.82, 2.24) is 19.7 Å². The molecule has 1 aliphatic heterocycles. The number of nitrogens with zero attached hydrogens (tertiary/aromatic N) is 7. The lowest BCUT2D eigenvalue weighted by molar-refractivity contribution is -0.0132. The molecule has 45 heavy (non-hydrogen) atoms. The van der Waals surface area contributed by atoms with Crippen molar-refractivity contribution >= 4 is 23.1 Å². The minimum absolute atomic E-state index is 0.0127. The molecule has 1 fully saturated rings. The predicted octanol–water partition coefficient (Wildman–Crippen LogP) is 6.42. The van der Waals surface area contributed by atoms with Crippen molar-refractivity contribution in [2.75, 3.05) is 57.8 Å². The van der Waals surface area contributed by atoms with E-state index in [1.807, 2.05) is 18.5 Å². The third-order valence-corrected chi connectivity index (χ3v) is 8.11. The van der Waals surface area contributed by atoms with Crippen molar-refractivity contribution in [2.45, 2.75) is 78.9 Å². The van der Waals surface area contributed by atoms with Crippen LogP contribution in [0.5, 0.6) is 0 Å². The van der Waals surface area contributed by atoms with Crippen LogP contribution in [-0.2, 0) is 20.6 Å². The van der Waals surface area contributed by atoms with E-state index in [9.17, 15) is 5.26 Å². The van der Waals surface area contributed by atoms with Crippen molar-refractivity contribution in [3.8, 4) is 6.07 Å². The number of aryl methyl sites for hydroxylation is 3. The molecule has 4 rings (SSSR count). The minimum atomic E-state index is -0.0127. The summed E-state index contributed by atoms with van der Waals surface area (Å²) < 4.78 is 18.3. The molecule has 0 spiro atoms. The van der Waals surface area contributed by atoms with Gasteiger partial charge >= 0.3 is 0 Å². The summed E-state index contributed by atoms with van der Waals surface area (Å²) in [5.41, 5.74) is 6.44. The van der Waals surface area contributed by atoms with E-state index in [1.165, 1.54) is 22.3 Å². The molecule has 0 saturated carbocycles. The molecule has 0 amide bonds. The van der Waals surface area contributed by atoms with Crippen molar-refractivity contribution < 1.29 is 14.2 Å². The molecular formula is C33H47N9O3. The Morgan fingerprint density at radius 2 is 1.62 bits per heavy atom. The third-order valence-electron chi connectivity index (χ3n) is 8.11. The first-order chi connectivity index (χ1) is 21.8. The van der Waals surface area contributed by atoms with Gasteiger partial charge in [-0.3, -0.25) is 4.68 Å². The number of aromatic nitrogens is 4. The van der Waals surface area contributed by atoms with E-state index in [2.05, 4.69) is 59.8 Å². The summed E-state index contributed by atoms with van der Waals surface area (Å²) in [6.45, 7) is 13.5. The van der Waals surface area contributed by atoms with Crippen LogP contribution in [0.1, 0.15) is 78.0 Å². The molecule has 3 heterocycles. The van der Waals surface area contributed by atoms with Gasteiger partial charge in [-0.25, -0.2) is 9.97 Å². The van der Waals surface area contributed by atoms with E-state index in [1.54, 1.807) is 14.2 Å². The molecule has 2 N–H and O–H groups in total. The molecule has 12 heteroatoms. The maximum absolute atomic E-state index is 10.0. The molecule has 1 saturated heterocycles. The summed E-state index contributed by atoms with van der Waals surface area (Å²) in [6, 6.07) is 6.69. The third kappa shape index (κ3) is 8.63. The van der Waals surface area contributed by atoms with Crippen LogP contribution in [0.25, 0.3) is 0 Å². The van der Waals surface area contributed by atoms with E-state index >= 15 is 0 Å². The van der Waals surface area contributed by atoms with E-state index in [4.69, 9.17) is 29.3 Å². The maximum atomic E-state index is 10.0. The molecule has 0 aliphatic carbocycles. The molecule has 2 unspecified atom stereocenters. The lowest BCUT2D eigenvalue weighted by Crippen LogP contribution is -2.30. The standard InChI is InChI=1S/C33H47N9O3/c1-21-17-22(2)26(23(3)18-21)19-29-37-32(35-12-9-14-43-6)30(33(38-29)36-13-10-15-44-7)39-40-31-27(20-34)24(4)42(41-31)28-11-8-16-45-25(28)5/h17-18,25,28H,8-16,19H2,1-7H3,(H2,35,36,37,38). The predicted molar refractivity (Wildman–Crippen MR) is 175 cm³/mol. The number of hydrogen-bond acceptors (Lipinski definition) is 11. The van der Waals surface area contributed by atoms with Gasteiger partial charge in [-0.05, 0) is 77.0 Å². The Labute approximate surface area is 266 Å². The fraction of sp³-hybridized carbons (Fsp3) is 0.576. The van der Waals surface area contributed by atoms with Gasteiger partial charge in [0.25, 0.3) is 0 Å². The zero-order valence-electron chi connectivity index (χ0n) is 27.7. The highest BCUT2D eigenvalue weighted by Crippen LogP contribution is 2.36. The number of azo groups is 1. The fourth-order valence-corrected chi connectivity index (χ4v) is 5.77. The van der Waals surface area contributed by atoms with Gasteiger partial charge in [0.05, 0.1) is 17.8 Å². The number of benzene rings is 1.